The van der Waals surface area contributed by atoms with E-state index in [2.05, 4.69) is 10.5 Å². The number of ether oxygens (including phenoxy) is 1. The zero-order chi connectivity index (χ0) is 8.15. The number of rotatable bonds is 2. The number of nitrogens with two attached hydrogens (primary N) is 1. The van der Waals surface area contributed by atoms with Gasteiger partial charge in [0.2, 0.25) is 0 Å². The van der Waals surface area contributed by atoms with Crippen LogP contribution in [0.1, 0.15) is 13.3 Å². The van der Waals surface area contributed by atoms with Crippen LogP contribution in [0.5, 0.6) is 0 Å². The van der Waals surface area contributed by atoms with E-state index in [0.29, 0.717) is 0 Å². The van der Waals surface area contributed by atoms with Crippen LogP contribution in [-0.2, 0) is 14.3 Å². The van der Waals surface area contributed by atoms with Gasteiger partial charge in [0.1, 0.15) is 12.2 Å². The predicted molar refractivity (Wildman–Crippen MR) is 31.0 cm³/mol. The van der Waals surface area contributed by atoms with Gasteiger partial charge >= 0.3 is 12.1 Å². The van der Waals surface area contributed by atoms with Crippen LogP contribution < -0.4 is 5.73 Å². The van der Waals surface area contributed by atoms with Crippen LogP contribution >= 0.6 is 0 Å². The summed E-state index contributed by atoms with van der Waals surface area (Å²) in [4.78, 5) is 30.4. The molecule has 0 heterocycles. The first-order valence-corrected chi connectivity index (χ1v) is 2.52. The zero-order valence-electron chi connectivity index (χ0n) is 5.42. The predicted octanol–water partition coefficient (Wildman–Crippen LogP) is -0.413. The number of carbonyl (C=O) groups is 3. The molecule has 2 N–H and O–H groups in total. The molecule has 0 bridgehead atoms. The third-order valence-corrected chi connectivity index (χ3v) is 0.608. The number of esters is 1. The Balaban J connectivity index is 3.65. The fourth-order valence-electron chi connectivity index (χ4n) is 0.352. The summed E-state index contributed by atoms with van der Waals surface area (Å²) in [5.41, 5.74) is 4.48. The highest BCUT2D eigenvalue weighted by atomic mass is 16.6. The minimum Gasteiger partial charge on any atom is -0.376 e. The Morgan fingerprint density at radius 3 is 2.20 bits per heavy atom. The van der Waals surface area contributed by atoms with Crippen molar-refractivity contribution in [1.82, 2.24) is 0 Å². The van der Waals surface area contributed by atoms with Gasteiger partial charge in [0.05, 0.1) is 0 Å². The Kier molecular flexibility index (Phi) is 3.10. The number of hydrogen-bond donors (Lipinski definition) is 1. The topological polar surface area (TPSA) is 86.5 Å². The normalized spacial score (nSPS) is 8.50. The Hall–Kier alpha value is -1.39. The van der Waals surface area contributed by atoms with Gasteiger partial charge < -0.3 is 10.5 Å². The van der Waals surface area contributed by atoms with Gasteiger partial charge in [0.15, 0.2) is 0 Å². The van der Waals surface area contributed by atoms with Crippen LogP contribution in [0.4, 0.5) is 4.79 Å². The number of primary amides is 1. The molecule has 0 saturated heterocycles. The molecule has 0 radical (unpaired) electrons. The lowest BCUT2D eigenvalue weighted by Gasteiger charge is -1.94. The molecule has 0 saturated carbocycles. The summed E-state index contributed by atoms with van der Waals surface area (Å²) in [5.74, 6) is -1.29. The van der Waals surface area contributed by atoms with Crippen LogP contribution in [-0.4, -0.2) is 17.8 Å². The lowest BCUT2D eigenvalue weighted by Crippen LogP contribution is -2.19. The number of carbonyl (C=O) groups excluding carboxylic acids is 3. The molecule has 0 aromatic heterocycles. The van der Waals surface area contributed by atoms with E-state index < -0.39 is 18.5 Å². The molecule has 0 atom stereocenters. The SMILES string of the molecule is CC(=O)CC(=O)OC(N)=O. The maximum absolute atomic E-state index is 10.3. The van der Waals surface area contributed by atoms with Gasteiger partial charge in [-0.25, -0.2) is 4.79 Å². The molecule has 10 heavy (non-hydrogen) atoms. The molecule has 5 heteroatoms. The first-order chi connectivity index (χ1) is 4.52. The molecular weight excluding hydrogens is 138 g/mol. The lowest BCUT2D eigenvalue weighted by molar-refractivity contribution is -0.139. The van der Waals surface area contributed by atoms with E-state index in [1.807, 2.05) is 0 Å². The molecular formula is C5H7NO4. The zero-order valence-corrected chi connectivity index (χ0v) is 5.42. The van der Waals surface area contributed by atoms with E-state index in [1.54, 1.807) is 0 Å². The van der Waals surface area contributed by atoms with E-state index in [1.165, 1.54) is 6.92 Å². The largest absolute Gasteiger partial charge is 0.412 e. The van der Waals surface area contributed by atoms with Gasteiger partial charge in [0.25, 0.3) is 0 Å². The molecule has 1 amide bonds. The average Bonchev–Trinajstić information content (AvgIpc) is 1.58. The molecule has 0 unspecified atom stereocenters. The Labute approximate surface area is 57.1 Å². The highest BCUT2D eigenvalue weighted by molar-refractivity contribution is 5.97. The first-order valence-electron chi connectivity index (χ1n) is 2.52. The number of ketones is 1. The summed E-state index contributed by atoms with van der Waals surface area (Å²) < 4.78 is 3.84. The quantitative estimate of drug-likeness (QED) is 0.422. The summed E-state index contributed by atoms with van der Waals surface area (Å²) >= 11 is 0. The van der Waals surface area contributed by atoms with E-state index in [9.17, 15) is 14.4 Å². The van der Waals surface area contributed by atoms with Crippen molar-refractivity contribution in [2.75, 3.05) is 0 Å². The summed E-state index contributed by atoms with van der Waals surface area (Å²) in [6.07, 6.45) is -1.60. The minimum atomic E-state index is -1.19. The standard InChI is InChI=1S/C5H7NO4/c1-3(7)2-4(8)10-5(6)9/h2H2,1H3,(H2,6,9). The van der Waals surface area contributed by atoms with Crippen molar-refractivity contribution < 1.29 is 19.1 Å². The van der Waals surface area contributed by atoms with Crippen LogP contribution in [0.15, 0.2) is 0 Å². The van der Waals surface area contributed by atoms with Crippen LogP contribution in [0.25, 0.3) is 0 Å². The van der Waals surface area contributed by atoms with Crippen molar-refractivity contribution in [3.8, 4) is 0 Å². The lowest BCUT2D eigenvalue weighted by atomic mass is 10.3. The van der Waals surface area contributed by atoms with Crippen LogP contribution in [0.2, 0.25) is 0 Å². The fraction of sp³-hybridized carbons (Fsp3) is 0.400. The fourth-order valence-corrected chi connectivity index (χ4v) is 0.352. The maximum atomic E-state index is 10.3. The monoisotopic (exact) mass is 145 g/mol. The summed E-state index contributed by atoms with van der Waals surface area (Å²) in [6.45, 7) is 1.21. The van der Waals surface area contributed by atoms with Crippen molar-refractivity contribution in [2.45, 2.75) is 13.3 Å². The number of Topliss-reactive ketones (excluding diaryl/α,β-unsaturated/α-hetero) is 1. The summed E-state index contributed by atoms with van der Waals surface area (Å²) in [6, 6.07) is 0. The minimum absolute atomic E-state index is 0.369. The molecule has 0 rings (SSSR count). The maximum Gasteiger partial charge on any atom is 0.412 e. The molecule has 5 nitrogen and oxygen atoms in total. The second kappa shape index (κ2) is 3.60. The van der Waals surface area contributed by atoms with E-state index in [-0.39, 0.29) is 5.78 Å². The third-order valence-electron chi connectivity index (χ3n) is 0.608. The van der Waals surface area contributed by atoms with Crippen molar-refractivity contribution in [2.24, 2.45) is 5.73 Å². The molecule has 0 aliphatic heterocycles. The molecule has 0 aromatic carbocycles. The molecule has 56 valence electrons. The van der Waals surface area contributed by atoms with E-state index >= 15 is 0 Å². The van der Waals surface area contributed by atoms with Gasteiger partial charge in [-0.3, -0.25) is 9.59 Å². The van der Waals surface area contributed by atoms with Crippen molar-refractivity contribution >= 4 is 17.8 Å². The molecule has 0 aromatic rings. The average molecular weight is 145 g/mol. The van der Waals surface area contributed by atoms with Crippen molar-refractivity contribution in [3.05, 3.63) is 0 Å². The van der Waals surface area contributed by atoms with Gasteiger partial charge in [-0.2, -0.15) is 0 Å². The Morgan fingerprint density at radius 1 is 1.40 bits per heavy atom. The van der Waals surface area contributed by atoms with Gasteiger partial charge in [0, 0.05) is 0 Å². The second-order valence-corrected chi connectivity index (χ2v) is 1.67. The van der Waals surface area contributed by atoms with E-state index in [4.69, 9.17) is 0 Å². The number of amides is 1. The third kappa shape index (κ3) is 4.76. The highest BCUT2D eigenvalue weighted by Crippen LogP contribution is 1.86. The summed E-state index contributed by atoms with van der Waals surface area (Å²) in [7, 11) is 0. The molecule has 0 aliphatic rings. The van der Waals surface area contributed by atoms with Crippen molar-refractivity contribution in [3.63, 3.8) is 0 Å². The molecule has 0 fully saturated rings. The van der Waals surface area contributed by atoms with Gasteiger partial charge in [-0.05, 0) is 6.92 Å². The smallest absolute Gasteiger partial charge is 0.376 e. The Bertz CT molecular complexity index is 156. The van der Waals surface area contributed by atoms with Gasteiger partial charge in [-0.1, -0.05) is 0 Å². The molecule has 0 aliphatic carbocycles. The van der Waals surface area contributed by atoms with Crippen molar-refractivity contribution in [1.29, 1.82) is 0 Å². The van der Waals surface area contributed by atoms with Crippen LogP contribution in [0, 0.1) is 0 Å². The molecule has 0 spiro atoms. The first kappa shape index (κ1) is 8.61. The Morgan fingerprint density at radius 2 is 1.90 bits per heavy atom. The summed E-state index contributed by atoms with van der Waals surface area (Å²) in [5, 5.41) is 0. The second-order valence-electron chi connectivity index (χ2n) is 1.67. The highest BCUT2D eigenvalue weighted by Gasteiger charge is 2.08. The number of hydrogen-bond acceptors (Lipinski definition) is 4. The van der Waals surface area contributed by atoms with E-state index in [0.717, 1.165) is 0 Å². The van der Waals surface area contributed by atoms with Crippen LogP contribution in [0.3, 0.4) is 0 Å². The van der Waals surface area contributed by atoms with Gasteiger partial charge in [-0.15, -0.1) is 0 Å².